The minimum Gasteiger partial charge on any atom is -0.462 e. The second-order valence-corrected chi connectivity index (χ2v) is 17.5. The Morgan fingerprint density at radius 3 is 1.69 bits per heavy atom. The average Bonchev–Trinajstić information content (AvgIpc) is 3.97. The summed E-state index contributed by atoms with van der Waals surface area (Å²) in [6.45, 7) is 3.64. The Bertz CT molecular complexity index is 1110. The molecular formula is C47H86NO9P. The van der Waals surface area contributed by atoms with Crippen molar-refractivity contribution in [1.82, 2.24) is 0 Å². The highest BCUT2D eigenvalue weighted by molar-refractivity contribution is 7.47. The molecule has 0 saturated carbocycles. The molecule has 338 valence electrons. The van der Waals surface area contributed by atoms with Crippen LogP contribution in [0.2, 0.25) is 0 Å². The van der Waals surface area contributed by atoms with E-state index in [4.69, 9.17) is 29.0 Å². The molecule has 0 aromatic heterocycles. The molecule has 1 rings (SSSR count). The molecule has 0 aliphatic carbocycles. The third-order valence-electron chi connectivity index (χ3n) is 10.5. The van der Waals surface area contributed by atoms with E-state index in [-0.39, 0.29) is 44.8 Å². The second-order valence-electron chi connectivity index (χ2n) is 16.0. The summed E-state index contributed by atoms with van der Waals surface area (Å²) in [4.78, 5) is 35.1. The fraction of sp³-hybridized carbons (Fsp3) is 0.830. The lowest BCUT2D eigenvalue weighted by atomic mass is 10.0. The Hall–Kier alpha value is -1.81. The third-order valence-corrected chi connectivity index (χ3v) is 11.4. The van der Waals surface area contributed by atoms with Crippen LogP contribution in [0.5, 0.6) is 0 Å². The number of unbranched alkanes of at least 4 members (excludes halogenated alkanes) is 21. The van der Waals surface area contributed by atoms with Gasteiger partial charge in [-0.25, -0.2) is 4.57 Å². The largest absolute Gasteiger partial charge is 0.472 e. The van der Waals surface area contributed by atoms with Crippen LogP contribution in [0.4, 0.5) is 0 Å². The van der Waals surface area contributed by atoms with Gasteiger partial charge in [0.15, 0.2) is 6.10 Å². The highest BCUT2D eigenvalue weighted by atomic mass is 31.2. The van der Waals surface area contributed by atoms with Crippen LogP contribution < -0.4 is 5.73 Å². The topological polar surface area (TPSA) is 147 Å². The van der Waals surface area contributed by atoms with E-state index in [1.54, 1.807) is 0 Å². The summed E-state index contributed by atoms with van der Waals surface area (Å²) in [5.74, 6) is -0.898. The molecule has 4 atom stereocenters. The van der Waals surface area contributed by atoms with Crippen molar-refractivity contribution >= 4 is 19.8 Å². The maximum absolute atomic E-state index is 12.6. The van der Waals surface area contributed by atoms with E-state index < -0.39 is 32.5 Å². The summed E-state index contributed by atoms with van der Waals surface area (Å²) in [7, 11) is -4.40. The number of nitrogens with two attached hydrogens (primary N) is 1. The molecule has 1 fully saturated rings. The molecule has 11 heteroatoms. The molecule has 10 nitrogen and oxygen atoms in total. The number of rotatable bonds is 43. The highest BCUT2D eigenvalue weighted by Crippen LogP contribution is 2.43. The summed E-state index contributed by atoms with van der Waals surface area (Å²) < 4.78 is 38.6. The standard InChI is InChI=1S/C47H86NO9P/c1-3-5-7-9-11-13-15-17-18-19-20-21-22-23-25-27-29-31-33-37-47(50)56-43(42-55-58(51,52)54-40-39-48)41-53-46(49)38-34-36-45-44(57-45)35-32-30-28-26-24-16-14-12-10-8-6-4-2/h12,14,24,26,30,32,43-45H,3-11,13,15-23,25,27-29,31,33-42,48H2,1-2H3,(H,51,52)/b14-12-,26-24-,32-30-/t43-,44?,45?/m1/s1. The number of carbonyl (C=O) groups excluding carboxylic acids is 2. The highest BCUT2D eigenvalue weighted by Gasteiger charge is 2.36. The van der Waals surface area contributed by atoms with E-state index in [0.29, 0.717) is 12.8 Å². The van der Waals surface area contributed by atoms with E-state index in [0.717, 1.165) is 44.9 Å². The molecule has 0 bridgehead atoms. The van der Waals surface area contributed by atoms with Gasteiger partial charge in [0.1, 0.15) is 6.61 Å². The summed E-state index contributed by atoms with van der Waals surface area (Å²) in [6, 6.07) is 0. The zero-order chi connectivity index (χ0) is 42.2. The van der Waals surface area contributed by atoms with Crippen molar-refractivity contribution in [2.75, 3.05) is 26.4 Å². The molecule has 0 aromatic rings. The van der Waals surface area contributed by atoms with Crippen molar-refractivity contribution in [2.45, 2.75) is 225 Å². The van der Waals surface area contributed by atoms with E-state index in [1.807, 2.05) is 0 Å². The SMILES string of the molecule is CCCCC/C=C\C/C=C\C/C=C\CC1OC1CCCC(=O)OC[C@H](COP(=O)(O)OCCN)OC(=O)CCCCCCCCCCCCCCCCCCCCC. The number of epoxide rings is 1. The maximum Gasteiger partial charge on any atom is 0.472 e. The van der Waals surface area contributed by atoms with Gasteiger partial charge in [-0.2, -0.15) is 0 Å². The van der Waals surface area contributed by atoms with Gasteiger partial charge in [0, 0.05) is 19.4 Å². The maximum atomic E-state index is 12.6. The first-order chi connectivity index (χ1) is 28.3. The Labute approximate surface area is 354 Å². The molecule has 1 heterocycles. The van der Waals surface area contributed by atoms with E-state index >= 15 is 0 Å². The van der Waals surface area contributed by atoms with Crippen molar-refractivity contribution < 1.29 is 42.3 Å². The minimum absolute atomic E-state index is 0.0435. The van der Waals surface area contributed by atoms with Gasteiger partial charge in [-0.15, -0.1) is 0 Å². The van der Waals surface area contributed by atoms with Crippen LogP contribution in [0, 0.1) is 0 Å². The monoisotopic (exact) mass is 840 g/mol. The molecule has 58 heavy (non-hydrogen) atoms. The fourth-order valence-corrected chi connectivity index (χ4v) is 7.61. The first kappa shape index (κ1) is 54.2. The molecule has 0 spiro atoms. The van der Waals surface area contributed by atoms with Gasteiger partial charge >= 0.3 is 19.8 Å². The van der Waals surface area contributed by atoms with Crippen molar-refractivity contribution in [2.24, 2.45) is 5.73 Å². The Balaban J connectivity index is 2.18. The van der Waals surface area contributed by atoms with E-state index in [9.17, 15) is 19.0 Å². The van der Waals surface area contributed by atoms with Crippen LogP contribution in [0.1, 0.15) is 206 Å². The van der Waals surface area contributed by atoms with Crippen molar-refractivity contribution in [1.29, 1.82) is 0 Å². The summed E-state index contributed by atoms with van der Waals surface area (Å²) in [5.41, 5.74) is 5.36. The zero-order valence-corrected chi connectivity index (χ0v) is 37.9. The molecule has 0 amide bonds. The van der Waals surface area contributed by atoms with Gasteiger partial charge in [-0.1, -0.05) is 179 Å². The average molecular weight is 840 g/mol. The van der Waals surface area contributed by atoms with E-state index in [1.165, 1.54) is 122 Å². The molecule has 3 unspecified atom stereocenters. The Morgan fingerprint density at radius 1 is 0.621 bits per heavy atom. The molecule has 0 aromatic carbocycles. The van der Waals surface area contributed by atoms with Crippen LogP contribution in [0.3, 0.4) is 0 Å². The number of hydrogen-bond donors (Lipinski definition) is 2. The van der Waals surface area contributed by atoms with Crippen LogP contribution >= 0.6 is 7.82 Å². The van der Waals surface area contributed by atoms with Crippen molar-refractivity contribution in [3.8, 4) is 0 Å². The molecule has 1 aliphatic rings. The normalized spacial score (nSPS) is 17.0. The smallest absolute Gasteiger partial charge is 0.462 e. The van der Waals surface area contributed by atoms with E-state index in [2.05, 4.69) is 50.3 Å². The zero-order valence-electron chi connectivity index (χ0n) is 37.0. The van der Waals surface area contributed by atoms with Crippen LogP contribution in [0.15, 0.2) is 36.5 Å². The molecule has 0 radical (unpaired) electrons. The Kier molecular flexibility index (Phi) is 36.8. The lowest BCUT2D eigenvalue weighted by Crippen LogP contribution is -2.29. The predicted molar refractivity (Wildman–Crippen MR) is 238 cm³/mol. The van der Waals surface area contributed by atoms with Gasteiger partial charge in [-0.05, 0) is 51.4 Å². The van der Waals surface area contributed by atoms with Crippen LogP contribution in [-0.4, -0.2) is 61.5 Å². The second kappa shape index (κ2) is 39.3. The molecule has 1 aliphatic heterocycles. The minimum atomic E-state index is -4.40. The van der Waals surface area contributed by atoms with Gasteiger partial charge in [0.05, 0.1) is 25.4 Å². The van der Waals surface area contributed by atoms with Crippen LogP contribution in [-0.2, 0) is 37.4 Å². The molecular weight excluding hydrogens is 753 g/mol. The fourth-order valence-electron chi connectivity index (χ4n) is 6.84. The number of phosphoric ester groups is 1. The summed E-state index contributed by atoms with van der Waals surface area (Å²) >= 11 is 0. The number of esters is 2. The van der Waals surface area contributed by atoms with Gasteiger partial charge in [-0.3, -0.25) is 18.6 Å². The lowest BCUT2D eigenvalue weighted by molar-refractivity contribution is -0.161. The number of phosphoric acid groups is 1. The van der Waals surface area contributed by atoms with Crippen molar-refractivity contribution in [3.63, 3.8) is 0 Å². The number of allylic oxidation sites excluding steroid dienone is 5. The lowest BCUT2D eigenvalue weighted by Gasteiger charge is -2.19. The Morgan fingerprint density at radius 2 is 1.12 bits per heavy atom. The number of hydrogen-bond acceptors (Lipinski definition) is 9. The molecule has 3 N–H and O–H groups in total. The first-order valence-corrected chi connectivity index (χ1v) is 25.1. The third kappa shape index (κ3) is 36.1. The number of ether oxygens (including phenoxy) is 3. The predicted octanol–water partition coefficient (Wildman–Crippen LogP) is 12.7. The first-order valence-electron chi connectivity index (χ1n) is 23.6. The quantitative estimate of drug-likeness (QED) is 0.0200. The molecule has 1 saturated heterocycles. The van der Waals surface area contributed by atoms with Crippen molar-refractivity contribution in [3.05, 3.63) is 36.5 Å². The summed E-state index contributed by atoms with van der Waals surface area (Å²) in [5, 5.41) is 0. The van der Waals surface area contributed by atoms with Gasteiger partial charge in [0.25, 0.3) is 0 Å². The number of carbonyl (C=O) groups is 2. The summed E-state index contributed by atoms with van der Waals surface area (Å²) in [6.07, 6.45) is 46.2. The van der Waals surface area contributed by atoms with Gasteiger partial charge < -0.3 is 24.8 Å². The van der Waals surface area contributed by atoms with Gasteiger partial charge in [0.2, 0.25) is 0 Å². The van der Waals surface area contributed by atoms with Crippen LogP contribution in [0.25, 0.3) is 0 Å².